The maximum Gasteiger partial charge on any atom is 0.238 e. The molecule has 1 aromatic carbocycles. The molecule has 3 nitrogen and oxygen atoms in total. The fourth-order valence-corrected chi connectivity index (χ4v) is 4.60. The topological polar surface area (TPSA) is 37.4 Å². The predicted octanol–water partition coefficient (Wildman–Crippen LogP) is 3.32. The summed E-state index contributed by atoms with van der Waals surface area (Å²) in [5.41, 5.74) is 1.80. The first-order valence-electron chi connectivity index (χ1n) is 7.46. The SMILES string of the molecule is CCc1cc(Br)ccc1N1C(=O)[C@H]2[C@H](C1=O)[C@H]1C=C[C@H]2C1. The molecule has 0 aromatic heterocycles. The number of allylic oxidation sites excluding steroid dienone is 2. The second-order valence-corrected chi connectivity index (χ2v) is 7.05. The molecule has 4 atom stereocenters. The molecule has 1 aromatic rings. The number of fused-ring (bicyclic) bond motifs is 5. The van der Waals surface area contributed by atoms with Gasteiger partial charge in [0.2, 0.25) is 11.8 Å². The minimum atomic E-state index is -0.124. The smallest absolute Gasteiger partial charge is 0.238 e. The number of amides is 2. The maximum absolute atomic E-state index is 12.8. The van der Waals surface area contributed by atoms with Gasteiger partial charge in [0.25, 0.3) is 0 Å². The first-order chi connectivity index (χ1) is 10.1. The van der Waals surface area contributed by atoms with Crippen LogP contribution >= 0.6 is 15.9 Å². The number of nitrogens with zero attached hydrogens (tertiary/aromatic N) is 1. The highest BCUT2D eigenvalue weighted by atomic mass is 79.9. The summed E-state index contributed by atoms with van der Waals surface area (Å²) in [6, 6.07) is 5.78. The average Bonchev–Trinajstić information content (AvgIpc) is 3.14. The van der Waals surface area contributed by atoms with E-state index in [0.717, 1.165) is 28.6 Å². The van der Waals surface area contributed by atoms with Crippen molar-refractivity contribution in [3.63, 3.8) is 0 Å². The van der Waals surface area contributed by atoms with Gasteiger partial charge in [-0.2, -0.15) is 0 Å². The van der Waals surface area contributed by atoms with Crippen molar-refractivity contribution in [1.29, 1.82) is 0 Å². The minimum absolute atomic E-state index is 0.00104. The summed E-state index contributed by atoms with van der Waals surface area (Å²) >= 11 is 3.46. The third kappa shape index (κ3) is 1.71. The van der Waals surface area contributed by atoms with Crippen molar-refractivity contribution in [3.8, 4) is 0 Å². The highest BCUT2D eigenvalue weighted by molar-refractivity contribution is 9.10. The molecule has 2 amide bonds. The monoisotopic (exact) mass is 345 g/mol. The van der Waals surface area contributed by atoms with Crippen LogP contribution in [0.25, 0.3) is 0 Å². The van der Waals surface area contributed by atoms with Crippen molar-refractivity contribution in [2.24, 2.45) is 23.7 Å². The predicted molar refractivity (Wildman–Crippen MR) is 83.7 cm³/mol. The van der Waals surface area contributed by atoms with E-state index < -0.39 is 0 Å². The number of aryl methyl sites for hydroxylation is 1. The molecule has 1 saturated heterocycles. The van der Waals surface area contributed by atoms with Crippen LogP contribution in [-0.2, 0) is 16.0 Å². The van der Waals surface area contributed by atoms with E-state index in [1.807, 2.05) is 25.1 Å². The van der Waals surface area contributed by atoms with Gasteiger partial charge in [0.1, 0.15) is 0 Å². The van der Waals surface area contributed by atoms with E-state index in [1.54, 1.807) is 0 Å². The maximum atomic E-state index is 12.8. The molecule has 0 unspecified atom stereocenters. The molecule has 4 heteroatoms. The van der Waals surface area contributed by atoms with Gasteiger partial charge < -0.3 is 0 Å². The Morgan fingerprint density at radius 2 is 1.76 bits per heavy atom. The molecule has 0 N–H and O–H groups in total. The normalized spacial score (nSPS) is 33.1. The van der Waals surface area contributed by atoms with Gasteiger partial charge in [-0.3, -0.25) is 9.59 Å². The van der Waals surface area contributed by atoms with Crippen molar-refractivity contribution in [1.82, 2.24) is 0 Å². The Bertz CT molecular complexity index is 651. The van der Waals surface area contributed by atoms with Gasteiger partial charge in [0.05, 0.1) is 17.5 Å². The Labute approximate surface area is 132 Å². The number of rotatable bonds is 2. The van der Waals surface area contributed by atoms with E-state index >= 15 is 0 Å². The van der Waals surface area contributed by atoms with E-state index in [9.17, 15) is 9.59 Å². The summed E-state index contributed by atoms with van der Waals surface area (Å²) < 4.78 is 0.976. The van der Waals surface area contributed by atoms with Crippen LogP contribution < -0.4 is 4.90 Å². The van der Waals surface area contributed by atoms with Gasteiger partial charge >= 0.3 is 0 Å². The Balaban J connectivity index is 1.78. The Morgan fingerprint density at radius 1 is 1.14 bits per heavy atom. The number of carbonyl (C=O) groups is 2. The highest BCUT2D eigenvalue weighted by Gasteiger charge is 2.59. The van der Waals surface area contributed by atoms with Crippen LogP contribution in [0, 0.1) is 23.7 Å². The molecule has 2 bridgehead atoms. The van der Waals surface area contributed by atoms with Gasteiger partial charge in [-0.25, -0.2) is 4.90 Å². The molecule has 2 aliphatic carbocycles. The molecule has 1 aliphatic heterocycles. The number of hydrogen-bond acceptors (Lipinski definition) is 2. The van der Waals surface area contributed by atoms with E-state index in [4.69, 9.17) is 0 Å². The zero-order valence-electron chi connectivity index (χ0n) is 11.8. The lowest BCUT2D eigenvalue weighted by atomic mass is 9.85. The van der Waals surface area contributed by atoms with Crippen molar-refractivity contribution in [2.75, 3.05) is 4.90 Å². The van der Waals surface area contributed by atoms with Crippen LogP contribution in [0.1, 0.15) is 18.9 Å². The summed E-state index contributed by atoms with van der Waals surface area (Å²) in [6.07, 6.45) is 6.03. The molecular weight excluding hydrogens is 330 g/mol. The molecule has 0 radical (unpaired) electrons. The van der Waals surface area contributed by atoms with E-state index in [0.29, 0.717) is 0 Å². The van der Waals surface area contributed by atoms with Crippen LogP contribution in [-0.4, -0.2) is 11.8 Å². The zero-order valence-corrected chi connectivity index (χ0v) is 13.3. The summed E-state index contributed by atoms with van der Waals surface area (Å²) in [4.78, 5) is 27.1. The summed E-state index contributed by atoms with van der Waals surface area (Å²) in [7, 11) is 0. The number of benzene rings is 1. The standard InChI is InChI=1S/C17H16BrNO2/c1-2-9-8-12(18)5-6-13(9)19-16(20)14-10-3-4-11(7-10)15(14)17(19)21/h3-6,8,10-11,14-15H,2,7H2,1H3/t10-,11-,14+,15+/m0/s1. The first kappa shape index (κ1) is 13.3. The Morgan fingerprint density at radius 3 is 2.33 bits per heavy atom. The largest absolute Gasteiger partial charge is 0.274 e. The number of anilines is 1. The van der Waals surface area contributed by atoms with Crippen LogP contribution in [0.15, 0.2) is 34.8 Å². The molecule has 1 saturated carbocycles. The lowest BCUT2D eigenvalue weighted by Crippen LogP contribution is -2.33. The molecule has 3 aliphatic rings. The molecule has 0 spiro atoms. The van der Waals surface area contributed by atoms with E-state index in [-0.39, 0.29) is 35.5 Å². The fraction of sp³-hybridized carbons (Fsp3) is 0.412. The van der Waals surface area contributed by atoms with E-state index in [2.05, 4.69) is 28.1 Å². The van der Waals surface area contributed by atoms with E-state index in [1.165, 1.54) is 4.90 Å². The molecule has 4 rings (SSSR count). The molecular formula is C17H16BrNO2. The zero-order chi connectivity index (χ0) is 14.7. The second kappa shape index (κ2) is 4.54. The first-order valence-corrected chi connectivity index (χ1v) is 8.25. The third-order valence-corrected chi connectivity index (χ3v) is 5.63. The quantitative estimate of drug-likeness (QED) is 0.609. The number of carbonyl (C=O) groups excluding carboxylic acids is 2. The highest BCUT2D eigenvalue weighted by Crippen LogP contribution is 2.53. The van der Waals surface area contributed by atoms with Crippen LogP contribution in [0.3, 0.4) is 0 Å². The van der Waals surface area contributed by atoms with Crippen molar-refractivity contribution in [2.45, 2.75) is 19.8 Å². The Kier molecular flexibility index (Phi) is 2.86. The van der Waals surface area contributed by atoms with Gasteiger partial charge in [-0.1, -0.05) is 35.0 Å². The number of imide groups is 1. The molecule has 108 valence electrons. The Hall–Kier alpha value is -1.42. The molecule has 21 heavy (non-hydrogen) atoms. The van der Waals surface area contributed by atoms with Crippen LogP contribution in [0.2, 0.25) is 0 Å². The summed E-state index contributed by atoms with van der Waals surface area (Å²) in [5, 5.41) is 0. The summed E-state index contributed by atoms with van der Waals surface area (Å²) in [6.45, 7) is 2.04. The van der Waals surface area contributed by atoms with Crippen LogP contribution in [0.5, 0.6) is 0 Å². The average molecular weight is 346 g/mol. The van der Waals surface area contributed by atoms with Crippen molar-refractivity contribution in [3.05, 3.63) is 40.4 Å². The van der Waals surface area contributed by atoms with Gasteiger partial charge in [0, 0.05) is 4.47 Å². The van der Waals surface area contributed by atoms with Crippen LogP contribution in [0.4, 0.5) is 5.69 Å². The number of hydrogen-bond donors (Lipinski definition) is 0. The van der Waals surface area contributed by atoms with Crippen molar-refractivity contribution < 1.29 is 9.59 Å². The lowest BCUT2D eigenvalue weighted by Gasteiger charge is -2.20. The second-order valence-electron chi connectivity index (χ2n) is 6.14. The number of halogens is 1. The molecule has 1 heterocycles. The van der Waals surface area contributed by atoms with Gasteiger partial charge in [0.15, 0.2) is 0 Å². The minimum Gasteiger partial charge on any atom is -0.274 e. The van der Waals surface area contributed by atoms with Crippen molar-refractivity contribution >= 4 is 33.4 Å². The molecule has 2 fully saturated rings. The lowest BCUT2D eigenvalue weighted by molar-refractivity contribution is -0.123. The van der Waals surface area contributed by atoms with Gasteiger partial charge in [-0.05, 0) is 48.4 Å². The fourth-order valence-electron chi connectivity index (χ4n) is 4.20. The summed E-state index contributed by atoms with van der Waals surface area (Å²) in [5.74, 6) is 0.281. The third-order valence-electron chi connectivity index (χ3n) is 5.13. The van der Waals surface area contributed by atoms with Gasteiger partial charge in [-0.15, -0.1) is 0 Å².